The minimum absolute atomic E-state index is 0.205. The second kappa shape index (κ2) is 11.8. The molecule has 1 saturated carbocycles. The highest BCUT2D eigenvalue weighted by Crippen LogP contribution is 2.65. The van der Waals surface area contributed by atoms with E-state index in [0.29, 0.717) is 19.3 Å². The molecule has 0 atom stereocenters. The predicted octanol–water partition coefficient (Wildman–Crippen LogP) is 9.12. The number of carbonyl (C=O) groups excluding carboxylic acids is 1. The summed E-state index contributed by atoms with van der Waals surface area (Å²) in [5.41, 5.74) is 0. The first kappa shape index (κ1) is 39.1. The number of esters is 1. The van der Waals surface area contributed by atoms with Crippen LogP contribution in [0.15, 0.2) is 0 Å². The first-order chi connectivity index (χ1) is 18.8. The van der Waals surface area contributed by atoms with Gasteiger partial charge in [-0.2, -0.15) is 79.0 Å². The van der Waals surface area contributed by atoms with Gasteiger partial charge in [0.1, 0.15) is 0 Å². The average molecular weight is 684 g/mol. The largest absolute Gasteiger partial charge is 0.459 e. The molecule has 1 fully saturated rings. The topological polar surface area (TPSA) is 26.3 Å². The molecule has 2 nitrogen and oxygen atoms in total. The molecular formula is C21H20F20O2. The summed E-state index contributed by atoms with van der Waals surface area (Å²) in [4.78, 5) is 11.7. The van der Waals surface area contributed by atoms with Crippen LogP contribution >= 0.6 is 0 Å². The lowest BCUT2D eigenvalue weighted by atomic mass is 9.79. The highest BCUT2D eigenvalue weighted by atomic mass is 19.4. The molecule has 0 aliphatic heterocycles. The van der Waals surface area contributed by atoms with Crippen molar-refractivity contribution in [1.82, 2.24) is 0 Å². The smallest absolute Gasteiger partial charge is 0.385 e. The zero-order valence-corrected chi connectivity index (χ0v) is 21.1. The molecule has 0 radical (unpaired) electrons. The molecule has 0 amide bonds. The maximum atomic E-state index is 13.9. The van der Waals surface area contributed by atoms with Gasteiger partial charge in [-0.1, -0.05) is 26.2 Å². The van der Waals surface area contributed by atoms with E-state index in [2.05, 4.69) is 4.74 Å². The molecule has 1 rings (SSSR count). The number of carbonyl (C=O) groups is 1. The highest BCUT2D eigenvalue weighted by Gasteiger charge is 2.96. The van der Waals surface area contributed by atoms with Crippen LogP contribution in [0.4, 0.5) is 87.8 Å². The molecule has 0 bridgehead atoms. The van der Waals surface area contributed by atoms with E-state index in [1.54, 1.807) is 0 Å². The number of rotatable bonds is 14. The monoisotopic (exact) mass is 684 g/mol. The van der Waals surface area contributed by atoms with Crippen molar-refractivity contribution in [2.24, 2.45) is 11.8 Å². The molecule has 256 valence electrons. The van der Waals surface area contributed by atoms with Crippen LogP contribution in [0.3, 0.4) is 0 Å². The Bertz CT molecular complexity index is 968. The first-order valence-electron chi connectivity index (χ1n) is 11.7. The molecule has 0 spiro atoms. The number of alkyl halides is 20. The molecule has 0 heterocycles. The molecule has 0 aromatic heterocycles. The van der Waals surface area contributed by atoms with Gasteiger partial charge < -0.3 is 4.74 Å². The lowest BCUT2D eigenvalue weighted by Gasteiger charge is -2.44. The molecule has 0 aromatic carbocycles. The highest BCUT2D eigenvalue weighted by molar-refractivity contribution is 5.69. The molecule has 0 N–H and O–H groups in total. The number of halogens is 20. The van der Waals surface area contributed by atoms with E-state index >= 15 is 0 Å². The van der Waals surface area contributed by atoms with Gasteiger partial charge in [-0.05, 0) is 24.7 Å². The second-order valence-electron chi connectivity index (χ2n) is 9.81. The fourth-order valence-electron chi connectivity index (χ4n) is 3.96. The van der Waals surface area contributed by atoms with E-state index in [1.807, 2.05) is 6.92 Å². The van der Waals surface area contributed by atoms with E-state index in [4.69, 9.17) is 0 Å². The van der Waals surface area contributed by atoms with Gasteiger partial charge in [0.25, 0.3) is 0 Å². The summed E-state index contributed by atoms with van der Waals surface area (Å²) in [5, 5.41) is 0. The van der Waals surface area contributed by atoms with E-state index < -0.39 is 84.6 Å². The minimum atomic E-state index is -9.07. The Morgan fingerprint density at radius 3 is 1.26 bits per heavy atom. The van der Waals surface area contributed by atoms with E-state index in [1.165, 1.54) is 0 Å². The minimum Gasteiger partial charge on any atom is -0.459 e. The van der Waals surface area contributed by atoms with Crippen molar-refractivity contribution in [3.05, 3.63) is 0 Å². The third-order valence-electron chi connectivity index (χ3n) is 6.93. The van der Waals surface area contributed by atoms with Gasteiger partial charge in [-0.3, -0.25) is 4.79 Å². The maximum Gasteiger partial charge on any atom is 0.385 e. The van der Waals surface area contributed by atoms with E-state index in [0.717, 1.165) is 0 Å². The van der Waals surface area contributed by atoms with Crippen molar-refractivity contribution in [2.75, 3.05) is 6.61 Å². The molecule has 0 saturated heterocycles. The van der Waals surface area contributed by atoms with Gasteiger partial charge in [0.05, 0.1) is 0 Å². The molecule has 43 heavy (non-hydrogen) atoms. The van der Waals surface area contributed by atoms with Crippen LogP contribution in [-0.4, -0.2) is 72.3 Å². The standard InChI is InChI=1S/C21H20F20O2/c1-2-9-3-5-10(6-4-9)7-11(42)43-8-13(24,25)15(28,29)17(32,33)19(36,37)21(40,41)20(38,39)18(34,35)16(30,31)14(26,27)12(22)23/h9-10,12H,2-8H2,1H3/t9-,10-. The van der Waals surface area contributed by atoms with Crippen molar-refractivity contribution < 1.29 is 97.3 Å². The summed E-state index contributed by atoms with van der Waals surface area (Å²) in [6.07, 6.45) is -4.67. The lowest BCUT2D eigenvalue weighted by molar-refractivity contribution is -0.465. The molecule has 1 aliphatic carbocycles. The number of ether oxygens (including phenoxy) is 1. The lowest BCUT2D eigenvalue weighted by Crippen LogP contribution is -2.76. The van der Waals surface area contributed by atoms with E-state index in [9.17, 15) is 92.6 Å². The summed E-state index contributed by atoms with van der Waals surface area (Å²) in [6.45, 7) is -1.50. The fraction of sp³-hybridized carbons (Fsp3) is 0.952. The van der Waals surface area contributed by atoms with E-state index in [-0.39, 0.29) is 18.8 Å². The summed E-state index contributed by atoms with van der Waals surface area (Å²) in [5.74, 6) is -78.0. The zero-order valence-electron chi connectivity index (χ0n) is 21.1. The molecule has 22 heteroatoms. The van der Waals surface area contributed by atoms with Gasteiger partial charge in [-0.25, -0.2) is 8.78 Å². The van der Waals surface area contributed by atoms with Crippen molar-refractivity contribution in [2.45, 2.75) is 105 Å². The summed E-state index contributed by atoms with van der Waals surface area (Å²) in [6, 6.07) is 0. The van der Waals surface area contributed by atoms with Crippen molar-refractivity contribution in [1.29, 1.82) is 0 Å². The fourth-order valence-corrected chi connectivity index (χ4v) is 3.96. The molecule has 1 aliphatic rings. The summed E-state index contributed by atoms with van der Waals surface area (Å²) < 4.78 is 272. The second-order valence-corrected chi connectivity index (χ2v) is 9.81. The Balaban J connectivity index is 3.34. The van der Waals surface area contributed by atoms with Gasteiger partial charge >= 0.3 is 65.7 Å². The first-order valence-corrected chi connectivity index (χ1v) is 11.7. The number of hydrogen-bond acceptors (Lipinski definition) is 2. The predicted molar refractivity (Wildman–Crippen MR) is 102 cm³/mol. The van der Waals surface area contributed by atoms with Crippen LogP contribution in [0, 0.1) is 11.8 Å². The van der Waals surface area contributed by atoms with Gasteiger partial charge in [0.2, 0.25) is 0 Å². The average Bonchev–Trinajstić information content (AvgIpc) is 2.86. The normalized spacial score (nSPS) is 20.9. The van der Waals surface area contributed by atoms with Crippen molar-refractivity contribution in [3.63, 3.8) is 0 Å². The van der Waals surface area contributed by atoms with Crippen LogP contribution in [-0.2, 0) is 9.53 Å². The summed E-state index contributed by atoms with van der Waals surface area (Å²) in [7, 11) is 0. The third-order valence-corrected chi connectivity index (χ3v) is 6.93. The molecule has 0 unspecified atom stereocenters. The van der Waals surface area contributed by atoms with Crippen LogP contribution in [0.25, 0.3) is 0 Å². The van der Waals surface area contributed by atoms with Gasteiger partial charge in [-0.15, -0.1) is 0 Å². The van der Waals surface area contributed by atoms with Crippen LogP contribution < -0.4 is 0 Å². The molecular weight excluding hydrogens is 664 g/mol. The zero-order chi connectivity index (χ0) is 34.5. The molecule has 0 aromatic rings. The van der Waals surface area contributed by atoms with Crippen LogP contribution in [0.1, 0.15) is 45.4 Å². The third kappa shape index (κ3) is 6.04. The summed E-state index contributed by atoms with van der Waals surface area (Å²) >= 11 is 0. The number of hydrogen-bond donors (Lipinski definition) is 0. The van der Waals surface area contributed by atoms with Crippen molar-refractivity contribution in [3.8, 4) is 0 Å². The van der Waals surface area contributed by atoms with Crippen LogP contribution in [0.2, 0.25) is 0 Å². The Morgan fingerprint density at radius 1 is 0.581 bits per heavy atom. The van der Waals surface area contributed by atoms with Gasteiger partial charge in [0.15, 0.2) is 6.61 Å². The Morgan fingerprint density at radius 2 is 0.907 bits per heavy atom. The van der Waals surface area contributed by atoms with Gasteiger partial charge in [0, 0.05) is 6.42 Å². The SMILES string of the molecule is CC[C@H]1CC[C@H](CC(=O)OCC(F)(F)C(F)(F)C(F)(F)C(F)(F)C(F)(F)C(F)(F)C(F)(F)C(F)(F)C(F)(F)C(F)F)CC1. The Hall–Kier alpha value is -1.93. The van der Waals surface area contributed by atoms with Crippen molar-refractivity contribution >= 4 is 5.97 Å². The Kier molecular flexibility index (Phi) is 10.7. The maximum absolute atomic E-state index is 13.9. The Labute approximate surface area is 228 Å². The quantitative estimate of drug-likeness (QED) is 0.135. The van der Waals surface area contributed by atoms with Crippen LogP contribution in [0.5, 0.6) is 0 Å².